The van der Waals surface area contributed by atoms with Crippen molar-refractivity contribution in [3.63, 3.8) is 0 Å². The van der Waals surface area contributed by atoms with Crippen molar-refractivity contribution in [1.82, 2.24) is 0 Å². The van der Waals surface area contributed by atoms with E-state index in [0.717, 1.165) is 16.7 Å². The van der Waals surface area contributed by atoms with Gasteiger partial charge in [-0.3, -0.25) is 0 Å². The Labute approximate surface area is 258 Å². The predicted molar refractivity (Wildman–Crippen MR) is 164 cm³/mol. The van der Waals surface area contributed by atoms with Gasteiger partial charge < -0.3 is 23.7 Å². The molecule has 1 unspecified atom stereocenters. The first-order chi connectivity index (χ1) is 20.7. The second kappa shape index (κ2) is 13.7. The molecule has 0 aliphatic carbocycles. The van der Waals surface area contributed by atoms with E-state index >= 15 is 0 Å². The van der Waals surface area contributed by atoms with Crippen molar-refractivity contribution in [2.24, 2.45) is 5.92 Å². The molecule has 2 saturated heterocycles. The van der Waals surface area contributed by atoms with Crippen molar-refractivity contribution in [2.45, 2.75) is 45.0 Å². The maximum Gasteiger partial charge on any atom is 0.334 e. The minimum atomic E-state index is -2.94. The van der Waals surface area contributed by atoms with Crippen molar-refractivity contribution >= 4 is 27.4 Å². The van der Waals surface area contributed by atoms with Gasteiger partial charge in [0.05, 0.1) is 48.5 Å². The molecular formula is C33H37ClO8S. The standard InChI is InChI=1S/C33H37ClO8S/c1-3-39-32(35)23(2)42-33(21-38-22-33)26-9-11-27(12-10-26)40-20-29-30(41-19-24-15-17-43(36,37)18-16-24)14-13-28(31(29)34)25-7-5-4-6-8-25/h4-14,23-24H,3,15-22H2,1-2H3. The molecule has 0 N–H and O–H groups in total. The second-order valence-electron chi connectivity index (χ2n) is 11.0. The van der Waals surface area contributed by atoms with Crippen molar-refractivity contribution in [1.29, 1.82) is 0 Å². The van der Waals surface area contributed by atoms with Gasteiger partial charge in [0.2, 0.25) is 0 Å². The van der Waals surface area contributed by atoms with E-state index in [0.29, 0.717) is 54.7 Å². The minimum Gasteiger partial charge on any atom is -0.493 e. The normalized spacial score (nSPS) is 18.3. The Morgan fingerprint density at radius 2 is 1.70 bits per heavy atom. The summed E-state index contributed by atoms with van der Waals surface area (Å²) in [6, 6.07) is 21.2. The lowest BCUT2D eigenvalue weighted by Crippen LogP contribution is -2.51. The van der Waals surface area contributed by atoms with Crippen LogP contribution >= 0.6 is 11.6 Å². The maximum absolute atomic E-state index is 12.1. The Morgan fingerprint density at radius 3 is 2.33 bits per heavy atom. The van der Waals surface area contributed by atoms with Gasteiger partial charge in [0.25, 0.3) is 0 Å². The zero-order valence-corrected chi connectivity index (χ0v) is 26.0. The molecule has 2 heterocycles. The van der Waals surface area contributed by atoms with Crippen LogP contribution in [0.5, 0.6) is 11.5 Å². The number of ether oxygens (including phenoxy) is 5. The van der Waals surface area contributed by atoms with Gasteiger partial charge in [-0.1, -0.05) is 54.1 Å². The monoisotopic (exact) mass is 628 g/mol. The molecular weight excluding hydrogens is 592 g/mol. The molecule has 5 rings (SSSR count). The van der Waals surface area contributed by atoms with Crippen molar-refractivity contribution in [3.8, 4) is 22.6 Å². The summed E-state index contributed by atoms with van der Waals surface area (Å²) in [4.78, 5) is 12.1. The summed E-state index contributed by atoms with van der Waals surface area (Å²) in [6.45, 7) is 4.98. The predicted octanol–water partition coefficient (Wildman–Crippen LogP) is 5.98. The number of hydrogen-bond acceptors (Lipinski definition) is 8. The Kier molecular flexibility index (Phi) is 9.96. The molecule has 2 aliphatic heterocycles. The fourth-order valence-electron chi connectivity index (χ4n) is 5.27. The number of carbonyl (C=O) groups is 1. The van der Waals surface area contributed by atoms with Crippen LogP contribution in [0, 0.1) is 5.92 Å². The van der Waals surface area contributed by atoms with E-state index in [1.807, 2.05) is 66.7 Å². The summed E-state index contributed by atoms with van der Waals surface area (Å²) in [5, 5.41) is 0.540. The molecule has 2 fully saturated rings. The third kappa shape index (κ3) is 7.52. The average molecular weight is 629 g/mol. The average Bonchev–Trinajstić information content (AvgIpc) is 2.99. The summed E-state index contributed by atoms with van der Waals surface area (Å²) in [5.41, 5.74) is 2.72. The van der Waals surface area contributed by atoms with Crippen molar-refractivity contribution < 1.29 is 36.9 Å². The highest BCUT2D eigenvalue weighted by Crippen LogP contribution is 2.39. The van der Waals surface area contributed by atoms with Crippen LogP contribution in [0.2, 0.25) is 5.02 Å². The van der Waals surface area contributed by atoms with Crippen LogP contribution in [-0.4, -0.2) is 58.4 Å². The van der Waals surface area contributed by atoms with E-state index in [2.05, 4.69) is 0 Å². The number of sulfone groups is 1. The van der Waals surface area contributed by atoms with E-state index < -0.39 is 27.5 Å². The van der Waals surface area contributed by atoms with Crippen LogP contribution in [0.1, 0.15) is 37.8 Å². The van der Waals surface area contributed by atoms with Gasteiger partial charge in [0, 0.05) is 5.56 Å². The molecule has 3 aromatic rings. The van der Waals surface area contributed by atoms with E-state index in [1.165, 1.54) is 0 Å². The summed E-state index contributed by atoms with van der Waals surface area (Å²) < 4.78 is 52.8. The van der Waals surface area contributed by atoms with Crippen LogP contribution in [0.4, 0.5) is 0 Å². The van der Waals surface area contributed by atoms with Gasteiger partial charge in [0.15, 0.2) is 6.10 Å². The molecule has 0 spiro atoms. The number of rotatable bonds is 12. The lowest BCUT2D eigenvalue weighted by atomic mass is 9.91. The first-order valence-electron chi connectivity index (χ1n) is 14.6. The molecule has 0 amide bonds. The summed E-state index contributed by atoms with van der Waals surface area (Å²) in [5.74, 6) is 1.38. The number of halogens is 1. The van der Waals surface area contributed by atoms with Crippen molar-refractivity contribution in [3.05, 3.63) is 82.9 Å². The zero-order chi connectivity index (χ0) is 30.5. The van der Waals surface area contributed by atoms with Gasteiger partial charge in [-0.15, -0.1) is 0 Å². The molecule has 0 radical (unpaired) electrons. The topological polar surface area (TPSA) is 97.4 Å². The molecule has 1 atom stereocenters. The molecule has 0 saturated carbocycles. The van der Waals surface area contributed by atoms with Crippen LogP contribution in [-0.2, 0) is 41.1 Å². The molecule has 3 aromatic carbocycles. The zero-order valence-electron chi connectivity index (χ0n) is 24.4. The minimum absolute atomic E-state index is 0.161. The van der Waals surface area contributed by atoms with Crippen molar-refractivity contribution in [2.75, 3.05) is 37.9 Å². The highest BCUT2D eigenvalue weighted by atomic mass is 35.5. The molecule has 8 nitrogen and oxygen atoms in total. The summed E-state index contributed by atoms with van der Waals surface area (Å²) in [6.07, 6.45) is 0.450. The molecule has 0 aromatic heterocycles. The van der Waals surface area contributed by atoms with Crippen LogP contribution in [0.3, 0.4) is 0 Å². The number of esters is 1. The molecule has 10 heteroatoms. The second-order valence-corrected chi connectivity index (χ2v) is 13.7. The SMILES string of the molecule is CCOC(=O)C(C)OC1(c2ccc(OCc3c(OCC4CCS(=O)(=O)CC4)ccc(-c4ccccc4)c3Cl)cc2)COC1. The Morgan fingerprint density at radius 1 is 1.00 bits per heavy atom. The van der Waals surface area contributed by atoms with E-state index in [1.54, 1.807) is 13.8 Å². The molecule has 230 valence electrons. The summed E-state index contributed by atoms with van der Waals surface area (Å²) in [7, 11) is -2.94. The maximum atomic E-state index is 12.1. The molecule has 2 aliphatic rings. The van der Waals surface area contributed by atoms with E-state index in [9.17, 15) is 13.2 Å². The Hall–Kier alpha value is -3.11. The fraction of sp³-hybridized carbons (Fsp3) is 0.424. The largest absolute Gasteiger partial charge is 0.493 e. The van der Waals surface area contributed by atoms with E-state index in [4.69, 9.17) is 35.3 Å². The third-order valence-corrected chi connectivity index (χ3v) is 10.0. The van der Waals surface area contributed by atoms with Crippen LogP contribution in [0.25, 0.3) is 11.1 Å². The highest BCUT2D eigenvalue weighted by Gasteiger charge is 2.44. The lowest BCUT2D eigenvalue weighted by molar-refractivity contribution is -0.239. The van der Waals surface area contributed by atoms with Gasteiger partial charge in [-0.25, -0.2) is 13.2 Å². The highest BCUT2D eigenvalue weighted by molar-refractivity contribution is 7.91. The number of carbonyl (C=O) groups excluding carboxylic acids is 1. The molecule has 43 heavy (non-hydrogen) atoms. The van der Waals surface area contributed by atoms with Gasteiger partial charge in [-0.2, -0.15) is 0 Å². The van der Waals surface area contributed by atoms with Crippen LogP contribution in [0.15, 0.2) is 66.7 Å². The molecule has 0 bridgehead atoms. The van der Waals surface area contributed by atoms with Crippen LogP contribution < -0.4 is 9.47 Å². The lowest BCUT2D eigenvalue weighted by Gasteiger charge is -2.42. The number of hydrogen-bond donors (Lipinski definition) is 0. The smallest absolute Gasteiger partial charge is 0.334 e. The quantitative estimate of drug-likeness (QED) is 0.226. The Balaban J connectivity index is 1.31. The number of benzene rings is 3. The first-order valence-corrected chi connectivity index (χ1v) is 16.7. The third-order valence-electron chi connectivity index (χ3n) is 7.89. The van der Waals surface area contributed by atoms with Gasteiger partial charge in [-0.05, 0) is 68.0 Å². The summed E-state index contributed by atoms with van der Waals surface area (Å²) >= 11 is 6.97. The first kappa shape index (κ1) is 31.3. The Bertz CT molecular complexity index is 1490. The fourth-order valence-corrected chi connectivity index (χ4v) is 7.18. The van der Waals surface area contributed by atoms with Gasteiger partial charge in [0.1, 0.15) is 33.5 Å². The van der Waals surface area contributed by atoms with E-state index in [-0.39, 0.29) is 30.6 Å². The van der Waals surface area contributed by atoms with Gasteiger partial charge >= 0.3 is 5.97 Å².